The number of rotatable bonds is 2. The van der Waals surface area contributed by atoms with E-state index in [0.29, 0.717) is 10.4 Å². The van der Waals surface area contributed by atoms with Crippen molar-refractivity contribution < 1.29 is 30.0 Å². The summed E-state index contributed by atoms with van der Waals surface area (Å²) in [5.74, 6) is 0. The second kappa shape index (κ2) is 3.94. The van der Waals surface area contributed by atoms with E-state index >= 15 is 0 Å². The molecule has 0 saturated carbocycles. The third-order valence-electron chi connectivity index (χ3n) is 1.27. The molecular formula is C8H4Cl2IO2+. The normalized spacial score (nSPS) is 10.6. The van der Waals surface area contributed by atoms with E-state index in [4.69, 9.17) is 32.0 Å². The highest BCUT2D eigenvalue weighted by atomic mass is 127. The van der Waals surface area contributed by atoms with E-state index in [1.165, 1.54) is 0 Å². The van der Waals surface area contributed by atoms with Crippen molar-refractivity contribution in [1.29, 1.82) is 0 Å². The molecule has 0 amide bonds. The Bertz CT molecular complexity index is 369. The van der Waals surface area contributed by atoms with Gasteiger partial charge in [0, 0.05) is 24.3 Å². The third-order valence-corrected chi connectivity index (χ3v) is 3.90. The van der Waals surface area contributed by atoms with Crippen LogP contribution in [0.1, 0.15) is 0 Å². The van der Waals surface area contributed by atoms with E-state index in [1.807, 2.05) is 12.1 Å². The summed E-state index contributed by atoms with van der Waals surface area (Å²) in [6, 6.07) is 7.15. The van der Waals surface area contributed by atoms with Crippen molar-refractivity contribution in [2.45, 2.75) is 0 Å². The minimum Gasteiger partial charge on any atom is -0.406 e. The fourth-order valence-corrected chi connectivity index (χ4v) is 3.27. The monoisotopic (exact) mass is 329 g/mol. The summed E-state index contributed by atoms with van der Waals surface area (Å²) < 4.78 is 12.2. The number of hydrogen-bond acceptors (Lipinski definition) is 2. The van der Waals surface area contributed by atoms with Gasteiger partial charge in [-0.15, -0.1) is 0 Å². The van der Waals surface area contributed by atoms with Gasteiger partial charge >= 0.3 is 28.7 Å². The Morgan fingerprint density at radius 3 is 1.62 bits per heavy atom. The molecule has 68 valence electrons. The van der Waals surface area contributed by atoms with Crippen molar-refractivity contribution >= 4 is 23.2 Å². The Morgan fingerprint density at radius 2 is 1.31 bits per heavy atom. The highest BCUT2D eigenvalue weighted by Gasteiger charge is 2.23. The summed E-state index contributed by atoms with van der Waals surface area (Å²) in [7, 11) is 0. The van der Waals surface area contributed by atoms with Crippen LogP contribution in [0.25, 0.3) is 0 Å². The van der Waals surface area contributed by atoms with E-state index in [9.17, 15) is 0 Å². The van der Waals surface area contributed by atoms with Crippen LogP contribution in [0, 0.1) is 7.53 Å². The Labute approximate surface area is 95.1 Å². The van der Waals surface area contributed by atoms with Gasteiger partial charge in [0.15, 0.2) is 10.4 Å². The predicted octanol–water partition coefficient (Wildman–Crippen LogP) is 0.308. The zero-order valence-electron chi connectivity index (χ0n) is 6.26. The second-order valence-electron chi connectivity index (χ2n) is 2.18. The Balaban J connectivity index is 2.14. The van der Waals surface area contributed by atoms with Crippen LogP contribution in [0.3, 0.4) is 0 Å². The summed E-state index contributed by atoms with van der Waals surface area (Å²) in [5, 5.41) is 0.819. The summed E-state index contributed by atoms with van der Waals surface area (Å²) >= 11 is 10.8. The van der Waals surface area contributed by atoms with E-state index in [1.54, 1.807) is 12.1 Å². The van der Waals surface area contributed by atoms with Crippen LogP contribution >= 0.6 is 23.2 Å². The Morgan fingerprint density at radius 1 is 0.846 bits per heavy atom. The summed E-state index contributed by atoms with van der Waals surface area (Å²) in [5.41, 5.74) is 0. The van der Waals surface area contributed by atoms with E-state index in [2.05, 4.69) is 0 Å². The fraction of sp³-hybridized carbons (Fsp3) is 0. The van der Waals surface area contributed by atoms with Crippen LogP contribution in [0.2, 0.25) is 10.4 Å². The second-order valence-corrected chi connectivity index (χ2v) is 5.59. The van der Waals surface area contributed by atoms with Gasteiger partial charge in [0.2, 0.25) is 0 Å². The first kappa shape index (κ1) is 9.43. The van der Waals surface area contributed by atoms with Gasteiger partial charge in [-0.1, -0.05) is 0 Å². The lowest BCUT2D eigenvalue weighted by Crippen LogP contribution is -3.61. The average molecular weight is 330 g/mol. The maximum Gasteiger partial charge on any atom is 0.443 e. The number of furan rings is 2. The van der Waals surface area contributed by atoms with E-state index in [0.717, 1.165) is 7.53 Å². The van der Waals surface area contributed by atoms with Gasteiger partial charge in [-0.05, 0) is 23.2 Å². The molecule has 0 aliphatic carbocycles. The zero-order valence-corrected chi connectivity index (χ0v) is 9.93. The molecule has 2 aromatic rings. The third kappa shape index (κ3) is 2.42. The SMILES string of the molecule is Clc1ccc([I+]c2ccc(Cl)o2)o1. The highest BCUT2D eigenvalue weighted by Crippen LogP contribution is 2.07. The maximum atomic E-state index is 5.63. The van der Waals surface area contributed by atoms with E-state index in [-0.39, 0.29) is 0 Å². The standard InChI is InChI=1S/C8H4Cl2IO2/c9-5-1-3-7(12-5)11-8-4-2-6(10)13-8/h1-4H/q+1. The van der Waals surface area contributed by atoms with Crippen LogP contribution in [0.15, 0.2) is 33.1 Å². The summed E-state index contributed by atoms with van der Waals surface area (Å²) in [6.07, 6.45) is 0. The molecule has 0 bridgehead atoms. The first-order valence-corrected chi connectivity index (χ1v) is 6.31. The highest BCUT2D eigenvalue weighted by molar-refractivity contribution is 6.29. The summed E-state index contributed by atoms with van der Waals surface area (Å²) in [4.78, 5) is 0. The minimum atomic E-state index is -0.432. The van der Waals surface area contributed by atoms with Gasteiger partial charge in [0.05, 0.1) is 0 Å². The topological polar surface area (TPSA) is 26.3 Å². The molecule has 2 nitrogen and oxygen atoms in total. The van der Waals surface area contributed by atoms with Crippen LogP contribution in [-0.2, 0) is 0 Å². The van der Waals surface area contributed by atoms with Gasteiger partial charge in [0.1, 0.15) is 0 Å². The van der Waals surface area contributed by atoms with E-state index < -0.39 is 21.2 Å². The molecule has 0 spiro atoms. The molecule has 0 fully saturated rings. The molecule has 0 N–H and O–H groups in total. The van der Waals surface area contributed by atoms with Gasteiger partial charge in [-0.25, -0.2) is 0 Å². The van der Waals surface area contributed by atoms with Gasteiger partial charge in [0.25, 0.3) is 0 Å². The summed E-state index contributed by atoms with van der Waals surface area (Å²) in [6.45, 7) is 0. The van der Waals surface area contributed by atoms with Crippen LogP contribution < -0.4 is 21.2 Å². The number of hydrogen-bond donors (Lipinski definition) is 0. The lowest BCUT2D eigenvalue weighted by molar-refractivity contribution is -0.636. The van der Waals surface area contributed by atoms with Crippen molar-refractivity contribution in [3.8, 4) is 0 Å². The van der Waals surface area contributed by atoms with Gasteiger partial charge < -0.3 is 8.83 Å². The quantitative estimate of drug-likeness (QED) is 0.741. The van der Waals surface area contributed by atoms with Gasteiger partial charge in [-0.2, -0.15) is 0 Å². The molecule has 13 heavy (non-hydrogen) atoms. The van der Waals surface area contributed by atoms with Crippen molar-refractivity contribution in [2.24, 2.45) is 0 Å². The first-order chi connectivity index (χ1) is 6.24. The van der Waals surface area contributed by atoms with Crippen LogP contribution in [-0.4, -0.2) is 0 Å². The molecule has 0 aromatic carbocycles. The molecule has 2 heterocycles. The molecular weight excluding hydrogens is 326 g/mol. The molecule has 0 aliphatic heterocycles. The molecule has 2 rings (SSSR count). The molecule has 0 aliphatic rings. The van der Waals surface area contributed by atoms with Crippen molar-refractivity contribution in [1.82, 2.24) is 0 Å². The van der Waals surface area contributed by atoms with Crippen molar-refractivity contribution in [3.05, 3.63) is 42.2 Å². The smallest absolute Gasteiger partial charge is 0.406 e. The molecule has 0 atom stereocenters. The van der Waals surface area contributed by atoms with Crippen molar-refractivity contribution in [3.63, 3.8) is 0 Å². The molecule has 5 heteroatoms. The average Bonchev–Trinajstić information content (AvgIpc) is 2.62. The molecule has 0 radical (unpaired) electrons. The van der Waals surface area contributed by atoms with Crippen LogP contribution in [0.4, 0.5) is 0 Å². The van der Waals surface area contributed by atoms with Gasteiger partial charge in [-0.3, -0.25) is 0 Å². The first-order valence-electron chi connectivity index (χ1n) is 3.39. The maximum absolute atomic E-state index is 5.63. The molecule has 0 unspecified atom stereocenters. The van der Waals surface area contributed by atoms with Crippen LogP contribution in [0.5, 0.6) is 0 Å². The van der Waals surface area contributed by atoms with Crippen molar-refractivity contribution in [2.75, 3.05) is 0 Å². The zero-order chi connectivity index (χ0) is 9.26. The predicted molar refractivity (Wildman–Crippen MR) is 44.8 cm³/mol. The molecule has 0 saturated heterocycles. The largest absolute Gasteiger partial charge is 0.443 e. The Kier molecular flexibility index (Phi) is 2.86. The molecule has 2 aromatic heterocycles. The minimum absolute atomic E-state index is 0.410. The Hall–Kier alpha value is -0.130. The lowest BCUT2D eigenvalue weighted by Gasteiger charge is -1.74. The number of halogens is 3. The lowest BCUT2D eigenvalue weighted by atomic mass is 10.7. The fourth-order valence-electron chi connectivity index (χ4n) is 0.778.